The summed E-state index contributed by atoms with van der Waals surface area (Å²) in [5.41, 5.74) is 3.55. The Morgan fingerprint density at radius 3 is 2.44 bits per heavy atom. The molecule has 0 amide bonds. The molecule has 0 radical (unpaired) electrons. The van der Waals surface area contributed by atoms with E-state index >= 15 is 0 Å². The van der Waals surface area contributed by atoms with Gasteiger partial charge in [-0.25, -0.2) is 9.97 Å². The molecule has 1 aromatic carbocycles. The monoisotopic (exact) mass is 244 g/mol. The molecule has 0 fully saturated rings. The summed E-state index contributed by atoms with van der Waals surface area (Å²) in [5.74, 6) is 0.714. The number of ether oxygens (including phenoxy) is 1. The van der Waals surface area contributed by atoms with Crippen LogP contribution >= 0.6 is 0 Å². The standard InChI is InChI=1S/C14H16N2O2/c1-9-4-5-12(14(18-3)10(9)2)13(17)11-6-15-8-16-7-11/h4-8,13,17H,1-3H3. The minimum absolute atomic E-state index is 0.652. The highest BCUT2D eigenvalue weighted by Crippen LogP contribution is 2.33. The summed E-state index contributed by atoms with van der Waals surface area (Å²) >= 11 is 0. The van der Waals surface area contributed by atoms with Gasteiger partial charge < -0.3 is 9.84 Å². The molecule has 18 heavy (non-hydrogen) atoms. The van der Waals surface area contributed by atoms with E-state index in [1.807, 2.05) is 26.0 Å². The first-order valence-corrected chi connectivity index (χ1v) is 5.72. The summed E-state index contributed by atoms with van der Waals surface area (Å²) in [5, 5.41) is 10.4. The van der Waals surface area contributed by atoms with Crippen LogP contribution in [0.25, 0.3) is 0 Å². The first-order chi connectivity index (χ1) is 8.65. The Labute approximate surface area is 106 Å². The molecule has 4 nitrogen and oxygen atoms in total. The van der Waals surface area contributed by atoms with Crippen LogP contribution in [0.4, 0.5) is 0 Å². The van der Waals surface area contributed by atoms with Crippen LogP contribution in [0.5, 0.6) is 5.75 Å². The lowest BCUT2D eigenvalue weighted by molar-refractivity contribution is 0.213. The molecule has 94 valence electrons. The lowest BCUT2D eigenvalue weighted by atomic mass is 9.98. The maximum Gasteiger partial charge on any atom is 0.128 e. The molecule has 1 unspecified atom stereocenters. The van der Waals surface area contributed by atoms with Crippen molar-refractivity contribution in [2.45, 2.75) is 20.0 Å². The number of aliphatic hydroxyl groups is 1. The first-order valence-electron chi connectivity index (χ1n) is 5.72. The Hall–Kier alpha value is -1.94. The fourth-order valence-corrected chi connectivity index (χ4v) is 1.93. The van der Waals surface area contributed by atoms with E-state index in [0.717, 1.165) is 16.7 Å². The van der Waals surface area contributed by atoms with Crippen molar-refractivity contribution < 1.29 is 9.84 Å². The molecule has 2 rings (SSSR count). The lowest BCUT2D eigenvalue weighted by Crippen LogP contribution is -2.05. The number of nitrogens with zero attached hydrogens (tertiary/aromatic N) is 2. The molecule has 1 aromatic heterocycles. The smallest absolute Gasteiger partial charge is 0.128 e. The maximum atomic E-state index is 10.4. The molecule has 0 aliphatic rings. The zero-order valence-electron chi connectivity index (χ0n) is 10.7. The zero-order valence-corrected chi connectivity index (χ0v) is 10.7. The predicted octanol–water partition coefficient (Wildman–Crippen LogP) is 2.18. The van der Waals surface area contributed by atoms with Crippen molar-refractivity contribution in [2.24, 2.45) is 0 Å². The maximum absolute atomic E-state index is 10.4. The topological polar surface area (TPSA) is 55.2 Å². The van der Waals surface area contributed by atoms with E-state index in [1.165, 1.54) is 6.33 Å². The van der Waals surface area contributed by atoms with Crippen molar-refractivity contribution in [2.75, 3.05) is 7.11 Å². The number of methoxy groups -OCH3 is 1. The average Bonchev–Trinajstić information content (AvgIpc) is 2.42. The van der Waals surface area contributed by atoms with Crippen molar-refractivity contribution in [1.82, 2.24) is 9.97 Å². The lowest BCUT2D eigenvalue weighted by Gasteiger charge is -2.17. The summed E-state index contributed by atoms with van der Waals surface area (Å²) in [4.78, 5) is 7.83. The molecule has 0 saturated carbocycles. The third-order valence-electron chi connectivity index (χ3n) is 3.10. The second-order valence-corrected chi connectivity index (χ2v) is 4.20. The Kier molecular flexibility index (Phi) is 3.58. The third kappa shape index (κ3) is 2.19. The van der Waals surface area contributed by atoms with Gasteiger partial charge in [0.25, 0.3) is 0 Å². The largest absolute Gasteiger partial charge is 0.496 e. The molecule has 1 N–H and O–H groups in total. The van der Waals surface area contributed by atoms with Gasteiger partial charge in [0.1, 0.15) is 18.2 Å². The highest BCUT2D eigenvalue weighted by molar-refractivity contribution is 5.48. The summed E-state index contributed by atoms with van der Waals surface area (Å²) in [6.45, 7) is 3.99. The summed E-state index contributed by atoms with van der Waals surface area (Å²) in [6, 6.07) is 3.85. The minimum atomic E-state index is -0.777. The predicted molar refractivity (Wildman–Crippen MR) is 68.6 cm³/mol. The molecule has 0 saturated heterocycles. The second-order valence-electron chi connectivity index (χ2n) is 4.20. The third-order valence-corrected chi connectivity index (χ3v) is 3.10. The van der Waals surface area contributed by atoms with Gasteiger partial charge >= 0.3 is 0 Å². The Bertz CT molecular complexity index is 541. The van der Waals surface area contributed by atoms with Crippen molar-refractivity contribution >= 4 is 0 Å². The van der Waals surface area contributed by atoms with Gasteiger partial charge in [-0.15, -0.1) is 0 Å². The molecule has 1 heterocycles. The molecule has 0 aliphatic carbocycles. The zero-order chi connectivity index (χ0) is 13.1. The summed E-state index contributed by atoms with van der Waals surface area (Å²) in [6.07, 6.45) is 3.87. The van der Waals surface area contributed by atoms with Crippen LogP contribution in [0, 0.1) is 13.8 Å². The van der Waals surface area contributed by atoms with E-state index < -0.39 is 6.10 Å². The highest BCUT2D eigenvalue weighted by atomic mass is 16.5. The van der Waals surface area contributed by atoms with Gasteiger partial charge in [0, 0.05) is 23.5 Å². The van der Waals surface area contributed by atoms with Crippen LogP contribution in [0.3, 0.4) is 0 Å². The van der Waals surface area contributed by atoms with Crippen molar-refractivity contribution in [3.05, 3.63) is 53.1 Å². The Balaban J connectivity index is 2.49. The van der Waals surface area contributed by atoms with Gasteiger partial charge in [-0.2, -0.15) is 0 Å². The first kappa shape index (κ1) is 12.5. The van der Waals surface area contributed by atoms with Crippen LogP contribution in [-0.4, -0.2) is 22.2 Å². The molecule has 1 atom stereocenters. The average molecular weight is 244 g/mol. The number of aliphatic hydroxyl groups excluding tert-OH is 1. The van der Waals surface area contributed by atoms with E-state index in [4.69, 9.17) is 4.74 Å². The van der Waals surface area contributed by atoms with Gasteiger partial charge in [-0.1, -0.05) is 12.1 Å². The molecular formula is C14H16N2O2. The van der Waals surface area contributed by atoms with Gasteiger partial charge in [0.05, 0.1) is 7.11 Å². The van der Waals surface area contributed by atoms with Crippen molar-refractivity contribution in [3.63, 3.8) is 0 Å². The van der Waals surface area contributed by atoms with Crippen LogP contribution in [0.2, 0.25) is 0 Å². The van der Waals surface area contributed by atoms with E-state index in [2.05, 4.69) is 9.97 Å². The van der Waals surface area contributed by atoms with Gasteiger partial charge in [0.2, 0.25) is 0 Å². The summed E-state index contributed by atoms with van der Waals surface area (Å²) < 4.78 is 5.40. The minimum Gasteiger partial charge on any atom is -0.496 e. The normalized spacial score (nSPS) is 12.2. The molecule has 0 bridgehead atoms. The van der Waals surface area contributed by atoms with E-state index in [0.29, 0.717) is 11.3 Å². The van der Waals surface area contributed by atoms with E-state index in [-0.39, 0.29) is 0 Å². The SMILES string of the molecule is COc1c(C(O)c2cncnc2)ccc(C)c1C. The number of aromatic nitrogens is 2. The van der Waals surface area contributed by atoms with Crippen LogP contribution in [0.15, 0.2) is 30.9 Å². The molecule has 2 aromatic rings. The molecule has 0 spiro atoms. The van der Waals surface area contributed by atoms with E-state index in [1.54, 1.807) is 19.5 Å². The quantitative estimate of drug-likeness (QED) is 0.899. The van der Waals surface area contributed by atoms with Crippen LogP contribution in [0.1, 0.15) is 28.4 Å². The van der Waals surface area contributed by atoms with Crippen LogP contribution in [-0.2, 0) is 0 Å². The van der Waals surface area contributed by atoms with Crippen molar-refractivity contribution in [3.8, 4) is 5.75 Å². The molecule has 4 heteroatoms. The number of benzene rings is 1. The van der Waals surface area contributed by atoms with E-state index in [9.17, 15) is 5.11 Å². The highest BCUT2D eigenvalue weighted by Gasteiger charge is 2.18. The van der Waals surface area contributed by atoms with Gasteiger partial charge in [-0.05, 0) is 25.0 Å². The Morgan fingerprint density at radius 2 is 1.83 bits per heavy atom. The molecular weight excluding hydrogens is 228 g/mol. The van der Waals surface area contributed by atoms with Gasteiger partial charge in [-0.3, -0.25) is 0 Å². The summed E-state index contributed by atoms with van der Waals surface area (Å²) in [7, 11) is 1.61. The number of rotatable bonds is 3. The number of aryl methyl sites for hydroxylation is 1. The van der Waals surface area contributed by atoms with Gasteiger partial charge in [0.15, 0.2) is 0 Å². The number of hydrogen-bond acceptors (Lipinski definition) is 4. The van der Waals surface area contributed by atoms with Crippen LogP contribution < -0.4 is 4.74 Å². The second kappa shape index (κ2) is 5.14. The Morgan fingerprint density at radius 1 is 1.17 bits per heavy atom. The molecule has 0 aliphatic heterocycles. The number of hydrogen-bond donors (Lipinski definition) is 1. The fourth-order valence-electron chi connectivity index (χ4n) is 1.93. The van der Waals surface area contributed by atoms with Crippen molar-refractivity contribution in [1.29, 1.82) is 0 Å². The fraction of sp³-hybridized carbons (Fsp3) is 0.286.